The second kappa shape index (κ2) is 7.49. The van der Waals surface area contributed by atoms with Gasteiger partial charge in [0.2, 0.25) is 0 Å². The number of hydrogen-bond acceptors (Lipinski definition) is 3. The molecule has 0 fully saturated rings. The highest BCUT2D eigenvalue weighted by atomic mass is 35.5. The Morgan fingerprint density at radius 3 is 2.44 bits per heavy atom. The van der Waals surface area contributed by atoms with Crippen LogP contribution in [0.5, 0.6) is 11.5 Å². The van der Waals surface area contributed by atoms with Crippen LogP contribution >= 0.6 is 11.6 Å². The number of nitrogens with zero attached hydrogens (tertiary/aromatic N) is 1. The quantitative estimate of drug-likeness (QED) is 0.562. The molecule has 0 saturated carbocycles. The monoisotopic (exact) mass is 271 g/mol. The molecule has 0 aromatic heterocycles. The van der Waals surface area contributed by atoms with Gasteiger partial charge in [-0.25, -0.2) is 0 Å². The SMILES string of the molecule is CCC(Cl)N(C)CCc1ccc(OC)c(OC)c1. The maximum atomic E-state index is 6.17. The Balaban J connectivity index is 2.63. The molecule has 0 N–H and O–H groups in total. The van der Waals surface area contributed by atoms with E-state index in [2.05, 4.69) is 17.9 Å². The number of ether oxygens (including phenoxy) is 2. The van der Waals surface area contributed by atoms with Crippen LogP contribution in [0.15, 0.2) is 18.2 Å². The highest BCUT2D eigenvalue weighted by Crippen LogP contribution is 2.27. The van der Waals surface area contributed by atoms with Crippen LogP contribution in [0, 0.1) is 0 Å². The number of likely N-dealkylation sites (N-methyl/N-ethyl adjacent to an activating group) is 1. The first-order valence-electron chi connectivity index (χ1n) is 6.17. The van der Waals surface area contributed by atoms with Crippen molar-refractivity contribution in [2.75, 3.05) is 27.8 Å². The third-order valence-corrected chi connectivity index (χ3v) is 3.66. The molecule has 0 bridgehead atoms. The lowest BCUT2D eigenvalue weighted by Crippen LogP contribution is -2.28. The predicted octanol–water partition coefficient (Wildman–Crippen LogP) is 3.15. The lowest BCUT2D eigenvalue weighted by molar-refractivity contribution is 0.306. The highest BCUT2D eigenvalue weighted by molar-refractivity contribution is 6.20. The summed E-state index contributed by atoms with van der Waals surface area (Å²) in [5.74, 6) is 1.54. The zero-order chi connectivity index (χ0) is 13.5. The van der Waals surface area contributed by atoms with Crippen LogP contribution < -0.4 is 9.47 Å². The molecule has 0 spiro atoms. The van der Waals surface area contributed by atoms with Crippen molar-refractivity contribution in [3.8, 4) is 11.5 Å². The summed E-state index contributed by atoms with van der Waals surface area (Å²) in [6.07, 6.45) is 1.89. The van der Waals surface area contributed by atoms with Crippen molar-refractivity contribution in [2.24, 2.45) is 0 Å². The van der Waals surface area contributed by atoms with Crippen LogP contribution in [0.4, 0.5) is 0 Å². The van der Waals surface area contributed by atoms with Crippen molar-refractivity contribution in [3.05, 3.63) is 23.8 Å². The van der Waals surface area contributed by atoms with Crippen molar-refractivity contribution in [1.29, 1.82) is 0 Å². The Kier molecular flexibility index (Phi) is 6.30. The van der Waals surface area contributed by atoms with Gasteiger partial charge in [-0.15, -0.1) is 11.6 Å². The molecular weight excluding hydrogens is 250 g/mol. The minimum absolute atomic E-state index is 0.102. The van der Waals surface area contributed by atoms with Crippen LogP contribution in [0.25, 0.3) is 0 Å². The summed E-state index contributed by atoms with van der Waals surface area (Å²) in [5.41, 5.74) is 1.32. The molecule has 0 saturated heterocycles. The molecule has 4 heteroatoms. The largest absolute Gasteiger partial charge is 0.493 e. The Morgan fingerprint density at radius 2 is 1.89 bits per heavy atom. The van der Waals surface area contributed by atoms with Gasteiger partial charge in [-0.2, -0.15) is 0 Å². The molecule has 1 aromatic rings. The van der Waals surface area contributed by atoms with E-state index >= 15 is 0 Å². The Hall–Kier alpha value is -0.930. The fourth-order valence-electron chi connectivity index (χ4n) is 1.79. The Labute approximate surface area is 115 Å². The molecule has 0 aliphatic carbocycles. The molecule has 0 amide bonds. The normalized spacial score (nSPS) is 12.6. The van der Waals surface area contributed by atoms with Crippen LogP contribution in [0.1, 0.15) is 18.9 Å². The van der Waals surface area contributed by atoms with Gasteiger partial charge < -0.3 is 9.47 Å². The van der Waals surface area contributed by atoms with E-state index in [1.54, 1.807) is 14.2 Å². The number of rotatable bonds is 7. The third-order valence-electron chi connectivity index (χ3n) is 3.02. The van der Waals surface area contributed by atoms with Crippen molar-refractivity contribution in [1.82, 2.24) is 4.90 Å². The van der Waals surface area contributed by atoms with Crippen molar-refractivity contribution < 1.29 is 9.47 Å². The van der Waals surface area contributed by atoms with E-state index in [0.29, 0.717) is 0 Å². The zero-order valence-electron chi connectivity index (χ0n) is 11.6. The summed E-state index contributed by atoms with van der Waals surface area (Å²) in [4.78, 5) is 2.15. The molecule has 1 atom stereocenters. The molecule has 1 unspecified atom stereocenters. The van der Waals surface area contributed by atoms with Gasteiger partial charge in [0.15, 0.2) is 11.5 Å². The smallest absolute Gasteiger partial charge is 0.160 e. The van der Waals surface area contributed by atoms with E-state index < -0.39 is 0 Å². The molecule has 3 nitrogen and oxygen atoms in total. The third kappa shape index (κ3) is 4.07. The zero-order valence-corrected chi connectivity index (χ0v) is 12.3. The molecule has 0 heterocycles. The van der Waals surface area contributed by atoms with Crippen LogP contribution in [-0.2, 0) is 6.42 Å². The van der Waals surface area contributed by atoms with E-state index in [-0.39, 0.29) is 5.50 Å². The van der Waals surface area contributed by atoms with Gasteiger partial charge in [0.1, 0.15) is 0 Å². The highest BCUT2D eigenvalue weighted by Gasteiger charge is 2.09. The maximum absolute atomic E-state index is 6.17. The summed E-state index contributed by atoms with van der Waals surface area (Å²) in [5, 5.41) is 0. The second-order valence-electron chi connectivity index (χ2n) is 4.26. The topological polar surface area (TPSA) is 21.7 Å². The fraction of sp³-hybridized carbons (Fsp3) is 0.571. The van der Waals surface area contributed by atoms with Gasteiger partial charge in [0, 0.05) is 6.54 Å². The van der Waals surface area contributed by atoms with E-state index in [0.717, 1.165) is 30.9 Å². The van der Waals surface area contributed by atoms with Gasteiger partial charge in [0.05, 0.1) is 19.7 Å². The summed E-state index contributed by atoms with van der Waals surface area (Å²) >= 11 is 6.17. The first-order chi connectivity index (χ1) is 8.62. The number of halogens is 1. The molecule has 1 aromatic carbocycles. The number of hydrogen-bond donors (Lipinski definition) is 0. The van der Waals surface area contributed by atoms with Gasteiger partial charge in [-0.1, -0.05) is 13.0 Å². The lowest BCUT2D eigenvalue weighted by Gasteiger charge is -2.21. The van der Waals surface area contributed by atoms with Gasteiger partial charge in [-0.05, 0) is 37.6 Å². The van der Waals surface area contributed by atoms with Crippen molar-refractivity contribution in [2.45, 2.75) is 25.3 Å². The summed E-state index contributed by atoms with van der Waals surface area (Å²) in [7, 11) is 5.34. The van der Waals surface area contributed by atoms with Crippen LogP contribution in [0.3, 0.4) is 0 Å². The molecule has 18 heavy (non-hydrogen) atoms. The second-order valence-corrected chi connectivity index (χ2v) is 4.77. The lowest BCUT2D eigenvalue weighted by atomic mass is 10.1. The standard InChI is InChI=1S/C14H22ClNO2/c1-5-14(15)16(2)9-8-11-6-7-12(17-3)13(10-11)18-4/h6-7,10,14H,5,8-9H2,1-4H3. The van der Waals surface area contributed by atoms with Crippen molar-refractivity contribution >= 4 is 11.6 Å². The Morgan fingerprint density at radius 1 is 1.22 bits per heavy atom. The molecule has 0 aliphatic heterocycles. The number of benzene rings is 1. The van der Waals surface area contributed by atoms with E-state index in [1.165, 1.54) is 5.56 Å². The van der Waals surface area contributed by atoms with E-state index in [9.17, 15) is 0 Å². The van der Waals surface area contributed by atoms with Gasteiger partial charge >= 0.3 is 0 Å². The number of alkyl halides is 1. The minimum Gasteiger partial charge on any atom is -0.493 e. The molecule has 0 aliphatic rings. The first kappa shape index (κ1) is 15.1. The predicted molar refractivity (Wildman–Crippen MR) is 75.8 cm³/mol. The maximum Gasteiger partial charge on any atom is 0.160 e. The van der Waals surface area contributed by atoms with E-state index in [1.807, 2.05) is 19.2 Å². The van der Waals surface area contributed by atoms with Gasteiger partial charge in [-0.3, -0.25) is 4.90 Å². The average molecular weight is 272 g/mol. The van der Waals surface area contributed by atoms with Crippen LogP contribution in [0.2, 0.25) is 0 Å². The molecule has 102 valence electrons. The van der Waals surface area contributed by atoms with Crippen LogP contribution in [-0.4, -0.2) is 38.2 Å². The first-order valence-corrected chi connectivity index (χ1v) is 6.61. The van der Waals surface area contributed by atoms with E-state index in [4.69, 9.17) is 21.1 Å². The number of methoxy groups -OCH3 is 2. The summed E-state index contributed by atoms with van der Waals surface area (Å²) in [6, 6.07) is 6.01. The van der Waals surface area contributed by atoms with Crippen molar-refractivity contribution in [3.63, 3.8) is 0 Å². The summed E-state index contributed by atoms with van der Waals surface area (Å²) in [6.45, 7) is 3.02. The Bertz CT molecular complexity index is 371. The van der Waals surface area contributed by atoms with Gasteiger partial charge in [0.25, 0.3) is 0 Å². The molecule has 0 radical (unpaired) electrons. The average Bonchev–Trinajstić information content (AvgIpc) is 2.43. The molecule has 1 rings (SSSR count). The molecular formula is C14H22ClNO2. The summed E-state index contributed by atoms with van der Waals surface area (Å²) < 4.78 is 10.5. The fourth-order valence-corrected chi connectivity index (χ4v) is 1.89. The minimum atomic E-state index is 0.102.